The first-order valence-electron chi connectivity index (χ1n) is 7.83. The summed E-state index contributed by atoms with van der Waals surface area (Å²) in [4.78, 5) is 9.78. The van der Waals surface area contributed by atoms with Crippen LogP contribution in [0.5, 0.6) is 0 Å². The smallest absolute Gasteiger partial charge is 0.120 e. The molecule has 2 N–H and O–H groups in total. The van der Waals surface area contributed by atoms with Crippen LogP contribution >= 0.6 is 11.6 Å². The number of aromatic nitrogens is 2. The number of likely N-dealkylation sites (N-methyl/N-ethyl adjacent to an activating group) is 1. The molecular formula is C19H20ClN3O. The number of nitrogens with zero attached hydrogens (tertiary/aromatic N) is 2. The summed E-state index contributed by atoms with van der Waals surface area (Å²) < 4.78 is 0. The maximum absolute atomic E-state index is 10.3. The van der Waals surface area contributed by atoms with E-state index in [1.54, 1.807) is 12.1 Å². The van der Waals surface area contributed by atoms with Crippen LogP contribution < -0.4 is 0 Å². The Bertz CT molecular complexity index is 788. The van der Waals surface area contributed by atoms with Gasteiger partial charge in [0.15, 0.2) is 0 Å². The fourth-order valence-corrected chi connectivity index (χ4v) is 2.84. The van der Waals surface area contributed by atoms with Crippen LogP contribution in [0.4, 0.5) is 0 Å². The molecule has 0 fully saturated rings. The predicted molar refractivity (Wildman–Crippen MR) is 96.8 cm³/mol. The summed E-state index contributed by atoms with van der Waals surface area (Å²) >= 11 is 5.98. The molecule has 3 rings (SSSR count). The van der Waals surface area contributed by atoms with Crippen molar-refractivity contribution in [3.05, 3.63) is 77.2 Å². The Morgan fingerprint density at radius 2 is 1.96 bits per heavy atom. The highest BCUT2D eigenvalue weighted by Gasteiger charge is 2.13. The molecule has 3 aromatic rings. The molecule has 1 aromatic heterocycles. The van der Waals surface area contributed by atoms with E-state index in [1.165, 1.54) is 0 Å². The van der Waals surface area contributed by atoms with E-state index in [2.05, 4.69) is 9.97 Å². The largest absolute Gasteiger partial charge is 0.387 e. The molecule has 24 heavy (non-hydrogen) atoms. The lowest BCUT2D eigenvalue weighted by atomic mass is 10.1. The zero-order chi connectivity index (χ0) is 16.9. The minimum atomic E-state index is -0.586. The number of benzene rings is 2. The summed E-state index contributed by atoms with van der Waals surface area (Å²) in [5.74, 6) is 0.870. The minimum Gasteiger partial charge on any atom is -0.387 e. The van der Waals surface area contributed by atoms with E-state index in [0.717, 1.165) is 22.6 Å². The highest BCUT2D eigenvalue weighted by atomic mass is 35.5. The van der Waals surface area contributed by atoms with E-state index in [1.807, 2.05) is 60.6 Å². The lowest BCUT2D eigenvalue weighted by Crippen LogP contribution is -2.24. The monoisotopic (exact) mass is 341 g/mol. The van der Waals surface area contributed by atoms with Crippen molar-refractivity contribution in [1.29, 1.82) is 0 Å². The van der Waals surface area contributed by atoms with Crippen LogP contribution in [-0.2, 0) is 6.54 Å². The molecule has 0 aliphatic carbocycles. The van der Waals surface area contributed by atoms with Crippen molar-refractivity contribution in [3.63, 3.8) is 0 Å². The molecule has 2 aromatic carbocycles. The second-order valence-electron chi connectivity index (χ2n) is 5.88. The van der Waals surface area contributed by atoms with Gasteiger partial charge in [0.2, 0.25) is 0 Å². The van der Waals surface area contributed by atoms with E-state index in [0.29, 0.717) is 18.1 Å². The van der Waals surface area contributed by atoms with E-state index in [9.17, 15) is 5.11 Å². The van der Waals surface area contributed by atoms with Gasteiger partial charge in [0.1, 0.15) is 5.82 Å². The van der Waals surface area contributed by atoms with Gasteiger partial charge in [-0.2, -0.15) is 0 Å². The average molecular weight is 342 g/mol. The molecule has 0 spiro atoms. The Kier molecular flexibility index (Phi) is 5.30. The number of H-pyrrole nitrogens is 1. The zero-order valence-electron chi connectivity index (χ0n) is 13.5. The Hall–Kier alpha value is -2.14. The highest BCUT2D eigenvalue weighted by molar-refractivity contribution is 6.30. The summed E-state index contributed by atoms with van der Waals surface area (Å²) in [5.41, 5.74) is 2.92. The van der Waals surface area contributed by atoms with Crippen molar-refractivity contribution in [2.24, 2.45) is 0 Å². The molecule has 1 atom stereocenters. The first-order chi connectivity index (χ1) is 11.6. The van der Waals surface area contributed by atoms with Gasteiger partial charge in [-0.1, -0.05) is 54.1 Å². The zero-order valence-corrected chi connectivity index (χ0v) is 14.2. The Morgan fingerprint density at radius 1 is 1.17 bits per heavy atom. The third kappa shape index (κ3) is 4.23. The maximum atomic E-state index is 10.3. The van der Waals surface area contributed by atoms with Gasteiger partial charge < -0.3 is 10.1 Å². The molecule has 1 heterocycles. The quantitative estimate of drug-likeness (QED) is 0.715. The van der Waals surface area contributed by atoms with Crippen molar-refractivity contribution in [2.75, 3.05) is 13.6 Å². The first kappa shape index (κ1) is 16.7. The molecule has 0 aliphatic rings. The van der Waals surface area contributed by atoms with Crippen LogP contribution in [0.25, 0.3) is 11.3 Å². The van der Waals surface area contributed by atoms with Crippen molar-refractivity contribution < 1.29 is 5.11 Å². The first-order valence-corrected chi connectivity index (χ1v) is 8.21. The third-order valence-electron chi connectivity index (χ3n) is 3.85. The number of halogens is 1. The third-order valence-corrected chi connectivity index (χ3v) is 4.09. The van der Waals surface area contributed by atoms with E-state index >= 15 is 0 Å². The van der Waals surface area contributed by atoms with Crippen molar-refractivity contribution >= 4 is 11.6 Å². The molecular weight excluding hydrogens is 322 g/mol. The van der Waals surface area contributed by atoms with E-state index in [4.69, 9.17) is 11.6 Å². The van der Waals surface area contributed by atoms with Crippen LogP contribution in [0.1, 0.15) is 17.5 Å². The van der Waals surface area contributed by atoms with Crippen LogP contribution in [0.3, 0.4) is 0 Å². The van der Waals surface area contributed by atoms with E-state index in [-0.39, 0.29) is 0 Å². The van der Waals surface area contributed by atoms with E-state index < -0.39 is 6.10 Å². The van der Waals surface area contributed by atoms with Gasteiger partial charge in [0, 0.05) is 11.6 Å². The predicted octanol–water partition coefficient (Wildman–Crippen LogP) is 3.90. The van der Waals surface area contributed by atoms with Crippen LogP contribution in [0.15, 0.2) is 60.8 Å². The summed E-state index contributed by atoms with van der Waals surface area (Å²) in [5, 5.41) is 11.0. The molecule has 1 unspecified atom stereocenters. The average Bonchev–Trinajstić information content (AvgIpc) is 3.04. The van der Waals surface area contributed by atoms with Gasteiger partial charge in [-0.05, 0) is 30.3 Å². The number of nitrogens with one attached hydrogen (secondary N) is 1. The Labute approximate surface area is 146 Å². The van der Waals surface area contributed by atoms with Crippen molar-refractivity contribution in [1.82, 2.24) is 14.9 Å². The number of imidazole rings is 1. The van der Waals surface area contributed by atoms with Gasteiger partial charge in [-0.3, -0.25) is 4.90 Å². The molecule has 0 saturated heterocycles. The summed E-state index contributed by atoms with van der Waals surface area (Å²) in [6.45, 7) is 1.13. The number of hydrogen-bond donors (Lipinski definition) is 2. The summed E-state index contributed by atoms with van der Waals surface area (Å²) in [7, 11) is 1.96. The molecule has 0 amide bonds. The summed E-state index contributed by atoms with van der Waals surface area (Å²) in [6.07, 6.45) is 1.25. The minimum absolute atomic E-state index is 0.502. The molecule has 124 valence electrons. The topological polar surface area (TPSA) is 52.2 Å². The van der Waals surface area contributed by atoms with Gasteiger partial charge in [-0.25, -0.2) is 4.98 Å². The normalized spacial score (nSPS) is 12.5. The molecule has 4 nitrogen and oxygen atoms in total. The summed E-state index contributed by atoms with van der Waals surface area (Å²) in [6, 6.07) is 17.4. The van der Waals surface area contributed by atoms with Crippen LogP contribution in [0, 0.1) is 0 Å². The van der Waals surface area contributed by atoms with Crippen molar-refractivity contribution in [3.8, 4) is 11.3 Å². The molecule has 5 heteroatoms. The Morgan fingerprint density at radius 3 is 2.71 bits per heavy atom. The number of rotatable bonds is 6. The lowest BCUT2D eigenvalue weighted by Gasteiger charge is -2.20. The van der Waals surface area contributed by atoms with Crippen LogP contribution in [-0.4, -0.2) is 33.6 Å². The number of hydrogen-bond acceptors (Lipinski definition) is 3. The molecule has 0 bridgehead atoms. The van der Waals surface area contributed by atoms with Crippen molar-refractivity contribution in [2.45, 2.75) is 12.6 Å². The van der Waals surface area contributed by atoms with Gasteiger partial charge in [0.25, 0.3) is 0 Å². The number of aliphatic hydroxyl groups is 1. The van der Waals surface area contributed by atoms with Gasteiger partial charge in [0.05, 0.1) is 24.5 Å². The standard InChI is InChI=1S/C19H20ClN3O/c1-23(12-18(24)15-8-5-9-16(20)10-15)13-19-21-11-17(22-19)14-6-3-2-4-7-14/h2-11,18,24H,12-13H2,1H3,(H,21,22). The maximum Gasteiger partial charge on any atom is 0.120 e. The molecule has 0 saturated carbocycles. The second kappa shape index (κ2) is 7.62. The fraction of sp³-hybridized carbons (Fsp3) is 0.211. The molecule has 0 radical (unpaired) electrons. The number of aliphatic hydroxyl groups excluding tert-OH is 1. The van der Waals surface area contributed by atoms with Gasteiger partial charge >= 0.3 is 0 Å². The lowest BCUT2D eigenvalue weighted by molar-refractivity contribution is 0.122. The van der Waals surface area contributed by atoms with Crippen LogP contribution in [0.2, 0.25) is 5.02 Å². The Balaban J connectivity index is 1.61. The number of aromatic amines is 1. The van der Waals surface area contributed by atoms with Gasteiger partial charge in [-0.15, -0.1) is 0 Å². The fourth-order valence-electron chi connectivity index (χ4n) is 2.64. The molecule has 0 aliphatic heterocycles. The second-order valence-corrected chi connectivity index (χ2v) is 6.31. The SMILES string of the molecule is CN(Cc1ncc(-c2ccccc2)[nH]1)CC(O)c1cccc(Cl)c1. The highest BCUT2D eigenvalue weighted by Crippen LogP contribution is 2.20.